The predicted octanol–water partition coefficient (Wildman–Crippen LogP) is 2.43. The van der Waals surface area contributed by atoms with E-state index in [1.54, 1.807) is 0 Å². The van der Waals surface area contributed by atoms with Gasteiger partial charge in [0.1, 0.15) is 0 Å². The Morgan fingerprint density at radius 1 is 1.21 bits per heavy atom. The van der Waals surface area contributed by atoms with Crippen molar-refractivity contribution in [1.82, 2.24) is 5.32 Å². The maximum absolute atomic E-state index is 6.44. The highest BCUT2D eigenvalue weighted by molar-refractivity contribution is 6.47. The largest absolute Gasteiger partial charge is 0.475 e. The van der Waals surface area contributed by atoms with Crippen molar-refractivity contribution >= 4 is 19.5 Å². The summed E-state index contributed by atoms with van der Waals surface area (Å²) < 4.78 is 12.7. The summed E-state index contributed by atoms with van der Waals surface area (Å²) in [4.78, 5) is 0. The Labute approximate surface area is 122 Å². The second-order valence-electron chi connectivity index (χ2n) is 7.54. The number of halogens is 1. The van der Waals surface area contributed by atoms with Gasteiger partial charge in [-0.25, -0.2) is 0 Å². The summed E-state index contributed by atoms with van der Waals surface area (Å²) in [7, 11) is -0.00218. The molecular weight excluding hydrogens is 260 g/mol. The lowest BCUT2D eigenvalue weighted by atomic mass is 9.43. The molecule has 0 unspecified atom stereocenters. The van der Waals surface area contributed by atoms with Crippen molar-refractivity contribution in [2.24, 2.45) is 17.3 Å². The fourth-order valence-electron chi connectivity index (χ4n) is 5.01. The van der Waals surface area contributed by atoms with Crippen LogP contribution in [0.25, 0.3) is 0 Å². The third-order valence-corrected chi connectivity index (χ3v) is 6.40. The van der Waals surface area contributed by atoms with Crippen LogP contribution >= 0.6 is 12.4 Å². The lowest BCUT2D eigenvalue weighted by molar-refractivity contribution is -0.199. The number of nitrogens with one attached hydrogen (secondary N) is 1. The standard InChI is InChI=1S/C14H24BNO2.ClH/c1-13(2)9-7-10(13)14(3)11(8-9)17-15(18-14)12-5-4-6-16-12;/h9-12,16H,4-8H2,1-3H3;1H/t9-,10+,11-,12+,14+;/m1./s1. The summed E-state index contributed by atoms with van der Waals surface area (Å²) >= 11 is 0. The predicted molar refractivity (Wildman–Crippen MR) is 78.4 cm³/mol. The molecule has 5 atom stereocenters. The Hall–Kier alpha value is 0.235. The van der Waals surface area contributed by atoms with Crippen LogP contribution in [0.1, 0.15) is 46.5 Å². The highest BCUT2D eigenvalue weighted by Crippen LogP contribution is 2.65. The first-order chi connectivity index (χ1) is 8.52. The Balaban J connectivity index is 0.00000110. The summed E-state index contributed by atoms with van der Waals surface area (Å²) in [5.41, 5.74) is 0.416. The van der Waals surface area contributed by atoms with Crippen LogP contribution in [-0.2, 0) is 9.31 Å². The summed E-state index contributed by atoms with van der Waals surface area (Å²) in [5.74, 6) is 1.95. The molecule has 2 heterocycles. The van der Waals surface area contributed by atoms with Crippen LogP contribution in [0.15, 0.2) is 0 Å². The molecule has 2 bridgehead atoms. The molecule has 5 aliphatic rings. The van der Waals surface area contributed by atoms with Crippen molar-refractivity contribution in [3.05, 3.63) is 0 Å². The van der Waals surface area contributed by atoms with Crippen molar-refractivity contribution < 1.29 is 9.31 Å². The molecule has 2 aliphatic heterocycles. The van der Waals surface area contributed by atoms with E-state index >= 15 is 0 Å². The van der Waals surface area contributed by atoms with Crippen LogP contribution in [0, 0.1) is 17.3 Å². The zero-order valence-electron chi connectivity index (χ0n) is 12.1. The van der Waals surface area contributed by atoms with Crippen molar-refractivity contribution in [3.63, 3.8) is 0 Å². The summed E-state index contributed by atoms with van der Waals surface area (Å²) in [6.07, 6.45) is 5.33. The highest BCUT2D eigenvalue weighted by Gasteiger charge is 2.68. The monoisotopic (exact) mass is 285 g/mol. The van der Waals surface area contributed by atoms with Crippen LogP contribution < -0.4 is 5.32 Å². The molecule has 0 aromatic rings. The van der Waals surface area contributed by atoms with Gasteiger partial charge >= 0.3 is 7.12 Å². The lowest BCUT2D eigenvalue weighted by Gasteiger charge is -2.64. The van der Waals surface area contributed by atoms with Crippen LogP contribution in [0.5, 0.6) is 0 Å². The molecule has 5 fully saturated rings. The Morgan fingerprint density at radius 3 is 2.63 bits per heavy atom. The lowest BCUT2D eigenvalue weighted by Crippen LogP contribution is -2.65. The van der Waals surface area contributed by atoms with Crippen molar-refractivity contribution in [2.75, 3.05) is 6.54 Å². The molecule has 3 saturated carbocycles. The van der Waals surface area contributed by atoms with Gasteiger partial charge in [0.2, 0.25) is 0 Å². The molecule has 0 amide bonds. The van der Waals surface area contributed by atoms with E-state index in [-0.39, 0.29) is 25.1 Å². The first-order valence-electron chi connectivity index (χ1n) is 7.58. The second-order valence-corrected chi connectivity index (χ2v) is 7.54. The van der Waals surface area contributed by atoms with Gasteiger partial charge < -0.3 is 14.6 Å². The minimum absolute atomic E-state index is 0. The average molecular weight is 286 g/mol. The summed E-state index contributed by atoms with van der Waals surface area (Å²) in [5, 5.41) is 3.52. The topological polar surface area (TPSA) is 30.5 Å². The van der Waals surface area contributed by atoms with E-state index in [0.29, 0.717) is 23.4 Å². The molecule has 3 aliphatic carbocycles. The van der Waals surface area contributed by atoms with Gasteiger partial charge in [-0.05, 0) is 56.4 Å². The molecule has 2 saturated heterocycles. The van der Waals surface area contributed by atoms with Crippen molar-refractivity contribution in [1.29, 1.82) is 0 Å². The van der Waals surface area contributed by atoms with Gasteiger partial charge in [-0.1, -0.05) is 13.8 Å². The minimum atomic E-state index is -0.0345. The van der Waals surface area contributed by atoms with E-state index < -0.39 is 0 Å². The molecular formula is C14H25BClNO2. The number of hydrogen-bond acceptors (Lipinski definition) is 3. The van der Waals surface area contributed by atoms with Gasteiger partial charge in [0, 0.05) is 5.94 Å². The summed E-state index contributed by atoms with van der Waals surface area (Å²) in [6, 6.07) is 0. The minimum Gasteiger partial charge on any atom is -0.404 e. The van der Waals surface area contributed by atoms with Gasteiger partial charge in [0.25, 0.3) is 0 Å². The second kappa shape index (κ2) is 4.36. The molecule has 0 spiro atoms. The number of hydrogen-bond donors (Lipinski definition) is 1. The third kappa shape index (κ3) is 1.76. The van der Waals surface area contributed by atoms with Gasteiger partial charge in [0.15, 0.2) is 0 Å². The van der Waals surface area contributed by atoms with Gasteiger partial charge in [-0.15, -0.1) is 12.4 Å². The third-order valence-electron chi connectivity index (χ3n) is 6.40. The van der Waals surface area contributed by atoms with E-state index in [0.717, 1.165) is 12.5 Å². The van der Waals surface area contributed by atoms with Crippen molar-refractivity contribution in [3.8, 4) is 0 Å². The fourth-order valence-corrected chi connectivity index (χ4v) is 5.01. The maximum Gasteiger partial charge on any atom is 0.475 e. The SMILES string of the molecule is CC1(C)[C@H]2C[C@H]3OB([C@@H]4CCCN4)O[C@@]3(C)[C@H]1C2.Cl. The zero-order valence-corrected chi connectivity index (χ0v) is 13.0. The van der Waals surface area contributed by atoms with Crippen LogP contribution in [-0.4, -0.2) is 31.3 Å². The van der Waals surface area contributed by atoms with E-state index in [4.69, 9.17) is 9.31 Å². The van der Waals surface area contributed by atoms with Gasteiger partial charge in [0.05, 0.1) is 11.7 Å². The van der Waals surface area contributed by atoms with Gasteiger partial charge in [-0.2, -0.15) is 0 Å². The van der Waals surface area contributed by atoms with E-state index in [1.165, 1.54) is 25.7 Å². The smallest absolute Gasteiger partial charge is 0.404 e. The van der Waals surface area contributed by atoms with E-state index in [1.807, 2.05) is 0 Å². The summed E-state index contributed by atoms with van der Waals surface area (Å²) in [6.45, 7) is 8.25. The molecule has 0 aromatic heterocycles. The molecule has 5 heteroatoms. The first kappa shape index (κ1) is 14.2. The number of rotatable bonds is 1. The molecule has 19 heavy (non-hydrogen) atoms. The quantitative estimate of drug-likeness (QED) is 0.751. The molecule has 0 aromatic carbocycles. The maximum atomic E-state index is 6.44. The van der Waals surface area contributed by atoms with Gasteiger partial charge in [-0.3, -0.25) is 0 Å². The zero-order chi connectivity index (χ0) is 12.5. The van der Waals surface area contributed by atoms with E-state index in [9.17, 15) is 0 Å². The molecule has 0 radical (unpaired) electrons. The Morgan fingerprint density at radius 2 is 2.00 bits per heavy atom. The Bertz CT molecular complexity index is 374. The first-order valence-corrected chi connectivity index (χ1v) is 7.58. The Kier molecular flexibility index (Phi) is 3.26. The van der Waals surface area contributed by atoms with Crippen LogP contribution in [0.2, 0.25) is 0 Å². The van der Waals surface area contributed by atoms with E-state index in [2.05, 4.69) is 26.1 Å². The molecule has 1 N–H and O–H groups in total. The van der Waals surface area contributed by atoms with Crippen LogP contribution in [0.4, 0.5) is 0 Å². The fraction of sp³-hybridized carbons (Fsp3) is 1.00. The van der Waals surface area contributed by atoms with Crippen molar-refractivity contribution in [2.45, 2.75) is 64.1 Å². The van der Waals surface area contributed by atoms with Crippen LogP contribution in [0.3, 0.4) is 0 Å². The molecule has 3 nitrogen and oxygen atoms in total. The highest BCUT2D eigenvalue weighted by atomic mass is 35.5. The molecule has 108 valence electrons. The normalized spacial score (nSPS) is 50.4. The molecule has 5 rings (SSSR count). The average Bonchev–Trinajstić information content (AvgIpc) is 2.92.